The summed E-state index contributed by atoms with van der Waals surface area (Å²) in [4.78, 5) is 1.85. The van der Waals surface area contributed by atoms with Crippen molar-refractivity contribution in [3.8, 4) is 0 Å². The Balaban J connectivity index is 1.90. The van der Waals surface area contributed by atoms with Crippen LogP contribution in [0.25, 0.3) is 0 Å². The number of β-amino-alcohol motifs (C(OH)–C–C–N with tert-alkyl or cyclic N) is 1. The Bertz CT molecular complexity index is 1060. The molecule has 0 spiro atoms. The van der Waals surface area contributed by atoms with Gasteiger partial charge in [0.2, 0.25) is 0 Å². The molecule has 1 saturated heterocycles. The van der Waals surface area contributed by atoms with Gasteiger partial charge < -0.3 is 20.0 Å². The number of alkyl halides is 6. The van der Waals surface area contributed by atoms with E-state index < -0.39 is 40.7 Å². The van der Waals surface area contributed by atoms with E-state index >= 15 is 0 Å². The monoisotopic (exact) mass is 518 g/mol. The van der Waals surface area contributed by atoms with Crippen LogP contribution in [-0.4, -0.2) is 40.3 Å². The van der Waals surface area contributed by atoms with E-state index in [1.54, 1.807) is 24.3 Å². The van der Waals surface area contributed by atoms with Gasteiger partial charge in [0.15, 0.2) is 0 Å². The molecule has 11 heteroatoms. The molecule has 0 aliphatic carbocycles. The molecule has 1 aliphatic heterocycles. The van der Waals surface area contributed by atoms with E-state index in [0.29, 0.717) is 18.6 Å². The van der Waals surface area contributed by atoms with Gasteiger partial charge in [-0.2, -0.15) is 26.3 Å². The number of rotatable bonds is 6. The third-order valence-electron chi connectivity index (χ3n) is 6.76. The fourth-order valence-corrected chi connectivity index (χ4v) is 4.31. The number of benzene rings is 2. The topological polar surface area (TPSA) is 65.3 Å². The van der Waals surface area contributed by atoms with E-state index in [1.165, 1.54) is 13.8 Å². The Morgan fingerprint density at radius 2 is 1.58 bits per heavy atom. The summed E-state index contributed by atoms with van der Waals surface area (Å²) in [6, 6.07) is 10.4. The highest BCUT2D eigenvalue weighted by molar-refractivity contribution is 5.90. The van der Waals surface area contributed by atoms with Gasteiger partial charge in [0.05, 0.1) is 41.6 Å². The first kappa shape index (κ1) is 27.8. The van der Waals surface area contributed by atoms with Gasteiger partial charge in [0.1, 0.15) is 5.60 Å². The largest absolute Gasteiger partial charge is 0.416 e. The Hall–Kier alpha value is -2.79. The zero-order valence-corrected chi connectivity index (χ0v) is 20.0. The van der Waals surface area contributed by atoms with Crippen molar-refractivity contribution in [3.63, 3.8) is 0 Å². The van der Waals surface area contributed by atoms with Gasteiger partial charge in [-0.25, -0.2) is 0 Å². The van der Waals surface area contributed by atoms with Crippen LogP contribution in [-0.2, 0) is 17.1 Å². The molecule has 3 unspecified atom stereocenters. The Morgan fingerprint density at radius 3 is 2.08 bits per heavy atom. The van der Waals surface area contributed by atoms with E-state index in [9.17, 15) is 36.7 Å². The third-order valence-corrected chi connectivity index (χ3v) is 6.76. The van der Waals surface area contributed by atoms with Crippen molar-refractivity contribution >= 4 is 11.4 Å². The number of hydrogen-bond donors (Lipinski definition) is 2. The predicted molar refractivity (Wildman–Crippen MR) is 122 cm³/mol. The lowest BCUT2D eigenvalue weighted by Crippen LogP contribution is -2.63. The smallest absolute Gasteiger partial charge is 0.411 e. The van der Waals surface area contributed by atoms with Gasteiger partial charge >= 0.3 is 12.4 Å². The number of aliphatic hydroxyl groups is 1. The molecule has 36 heavy (non-hydrogen) atoms. The molecule has 3 atom stereocenters. The summed E-state index contributed by atoms with van der Waals surface area (Å²) < 4.78 is 85.5. The summed E-state index contributed by atoms with van der Waals surface area (Å²) in [5.41, 5.74) is -4.41. The van der Waals surface area contributed by atoms with E-state index in [0.717, 1.165) is 5.69 Å². The summed E-state index contributed by atoms with van der Waals surface area (Å²) in [6.07, 6.45) is -10.4. The fraction of sp³-hybridized carbons (Fsp3) is 0.480. The zero-order chi connectivity index (χ0) is 26.9. The van der Waals surface area contributed by atoms with Gasteiger partial charge in [0, 0.05) is 5.69 Å². The molecule has 2 aromatic rings. The summed E-state index contributed by atoms with van der Waals surface area (Å²) in [5.74, 6) is 0. The molecule has 1 fully saturated rings. The van der Waals surface area contributed by atoms with Crippen molar-refractivity contribution in [2.45, 2.75) is 63.2 Å². The maximum absolute atomic E-state index is 13.3. The summed E-state index contributed by atoms with van der Waals surface area (Å²) in [6.45, 7) is 4.73. The number of para-hydroxylation sites is 1. The molecule has 2 N–H and O–H groups in total. The summed E-state index contributed by atoms with van der Waals surface area (Å²) >= 11 is 0. The molecule has 0 aromatic heterocycles. The van der Waals surface area contributed by atoms with E-state index in [-0.39, 0.29) is 36.9 Å². The molecule has 0 radical (unpaired) electrons. The van der Waals surface area contributed by atoms with Crippen LogP contribution in [0.2, 0.25) is 0 Å². The quantitative estimate of drug-likeness (QED) is 0.200. The third kappa shape index (κ3) is 5.95. The molecule has 198 valence electrons. The molecule has 1 aliphatic rings. The van der Waals surface area contributed by atoms with Crippen molar-refractivity contribution in [1.82, 2.24) is 0 Å². The Labute approximate surface area is 205 Å². The second-order valence-corrected chi connectivity index (χ2v) is 9.43. The first-order valence-corrected chi connectivity index (χ1v) is 11.2. The van der Waals surface area contributed by atoms with Crippen LogP contribution < -0.4 is 4.90 Å². The minimum Gasteiger partial charge on any atom is -0.411 e. The van der Waals surface area contributed by atoms with Crippen molar-refractivity contribution in [2.24, 2.45) is 5.16 Å². The van der Waals surface area contributed by atoms with E-state index in [1.807, 2.05) is 17.9 Å². The van der Waals surface area contributed by atoms with Gasteiger partial charge in [-0.1, -0.05) is 23.4 Å². The van der Waals surface area contributed by atoms with Crippen LogP contribution in [0.3, 0.4) is 0 Å². The molecule has 0 saturated carbocycles. The number of halogens is 6. The number of anilines is 1. The highest BCUT2D eigenvalue weighted by Crippen LogP contribution is 2.40. The van der Waals surface area contributed by atoms with Crippen LogP contribution in [0, 0.1) is 0 Å². The lowest BCUT2D eigenvalue weighted by atomic mass is 9.78. The van der Waals surface area contributed by atoms with Crippen LogP contribution in [0.15, 0.2) is 53.7 Å². The minimum absolute atomic E-state index is 0.0446. The average Bonchev–Trinajstić information content (AvgIpc) is 2.83. The highest BCUT2D eigenvalue weighted by atomic mass is 19.4. The van der Waals surface area contributed by atoms with Crippen LogP contribution >= 0.6 is 0 Å². The standard InChI is InChI=1S/C25H28F6N2O3/c1-16(18-11-19(24(26,27)28)13-20(12-18)25(29,30)31)36-15-22(3)9-10-23(34,17(2)32-35)14-33(22)21-7-5-4-6-8-21/h4-8,11-13,16,34-35H,9-10,14-15H2,1-3H3/b32-17+. The average molecular weight is 518 g/mol. The summed E-state index contributed by atoms with van der Waals surface area (Å²) in [5, 5.41) is 23.5. The maximum atomic E-state index is 13.3. The fourth-order valence-electron chi connectivity index (χ4n) is 4.31. The van der Waals surface area contributed by atoms with Crippen molar-refractivity contribution in [2.75, 3.05) is 18.1 Å². The van der Waals surface area contributed by atoms with Gasteiger partial charge in [0.25, 0.3) is 0 Å². The lowest BCUT2D eigenvalue weighted by Gasteiger charge is -2.51. The van der Waals surface area contributed by atoms with Crippen molar-refractivity contribution < 1.29 is 41.4 Å². The van der Waals surface area contributed by atoms with Gasteiger partial charge in [-0.15, -0.1) is 0 Å². The highest BCUT2D eigenvalue weighted by Gasteiger charge is 2.47. The number of nitrogens with zero attached hydrogens (tertiary/aromatic N) is 2. The van der Waals surface area contributed by atoms with E-state index in [4.69, 9.17) is 4.74 Å². The second-order valence-electron chi connectivity index (χ2n) is 9.43. The van der Waals surface area contributed by atoms with E-state index in [2.05, 4.69) is 5.16 Å². The molecule has 2 aromatic carbocycles. The number of piperidine rings is 1. The van der Waals surface area contributed by atoms with Crippen LogP contribution in [0.5, 0.6) is 0 Å². The van der Waals surface area contributed by atoms with Crippen molar-refractivity contribution in [1.29, 1.82) is 0 Å². The molecular formula is C25H28F6N2O3. The second kappa shape index (κ2) is 9.93. The van der Waals surface area contributed by atoms with Crippen LogP contribution in [0.1, 0.15) is 56.4 Å². The molecule has 3 rings (SSSR count). The first-order valence-electron chi connectivity index (χ1n) is 11.2. The summed E-state index contributed by atoms with van der Waals surface area (Å²) in [7, 11) is 0. The minimum atomic E-state index is -4.95. The predicted octanol–water partition coefficient (Wildman–Crippen LogP) is 6.44. The normalized spacial score (nSPS) is 24.6. The SMILES string of the molecule is C/C(=N\O)C1(O)CCC(C)(COC(C)c2cc(C(F)(F)F)cc(C(F)(F)F)c2)N(c2ccccc2)C1. The molecule has 5 nitrogen and oxygen atoms in total. The lowest BCUT2D eigenvalue weighted by molar-refractivity contribution is -0.143. The number of hydrogen-bond acceptors (Lipinski definition) is 5. The number of ether oxygens (including phenoxy) is 1. The molecule has 0 amide bonds. The van der Waals surface area contributed by atoms with Crippen LogP contribution in [0.4, 0.5) is 32.0 Å². The zero-order valence-electron chi connectivity index (χ0n) is 20.0. The van der Waals surface area contributed by atoms with Gasteiger partial charge in [-0.3, -0.25) is 0 Å². The first-order chi connectivity index (χ1) is 16.6. The maximum Gasteiger partial charge on any atom is 0.416 e. The molecule has 1 heterocycles. The molecule has 0 bridgehead atoms. The number of oxime groups is 1. The van der Waals surface area contributed by atoms with Gasteiger partial charge in [-0.05, 0) is 69.5 Å². The Kier molecular flexibility index (Phi) is 7.67. The Morgan fingerprint density at radius 1 is 1.03 bits per heavy atom. The molecular weight excluding hydrogens is 490 g/mol. The van der Waals surface area contributed by atoms with Crippen molar-refractivity contribution in [3.05, 3.63) is 65.2 Å².